The number of phenols is 3. The van der Waals surface area contributed by atoms with Crippen LogP contribution in [0.5, 0.6) is 23.0 Å². The van der Waals surface area contributed by atoms with Gasteiger partial charge in [-0.2, -0.15) is 0 Å². The lowest BCUT2D eigenvalue weighted by Gasteiger charge is -2.28. The maximum absolute atomic E-state index is 12.4. The summed E-state index contributed by atoms with van der Waals surface area (Å²) in [4.78, 5) is 12.4. The second kappa shape index (κ2) is 6.02. The van der Waals surface area contributed by atoms with Gasteiger partial charge in [0, 0.05) is 11.6 Å². The summed E-state index contributed by atoms with van der Waals surface area (Å²) < 4.78 is 5.76. The van der Waals surface area contributed by atoms with Crippen molar-refractivity contribution in [2.45, 2.75) is 19.4 Å². The third kappa shape index (κ3) is 3.35. The van der Waals surface area contributed by atoms with Crippen molar-refractivity contribution in [2.24, 2.45) is 0 Å². The molecule has 128 valence electrons. The largest absolute Gasteiger partial charge is 0.508 e. The van der Waals surface area contributed by atoms with Crippen molar-refractivity contribution in [3.8, 4) is 23.0 Å². The van der Waals surface area contributed by atoms with E-state index < -0.39 is 11.4 Å². The molecule has 0 saturated carbocycles. The number of aromatic hydroxyl groups is 3. The average molecular weight is 338 g/mol. The van der Waals surface area contributed by atoms with Gasteiger partial charge < -0.3 is 20.1 Å². The summed E-state index contributed by atoms with van der Waals surface area (Å²) in [5.74, 6) is -0.248. The number of carbonyl (C=O) groups is 1. The Kier molecular flexibility index (Phi) is 4.00. The first-order valence-electron chi connectivity index (χ1n) is 7.75. The minimum atomic E-state index is -0.471. The summed E-state index contributed by atoms with van der Waals surface area (Å²) in [5.41, 5.74) is 0.516. The Labute approximate surface area is 145 Å². The fraction of sp³-hybridized carbons (Fsp3) is 0.150. The molecular weight excluding hydrogens is 320 g/mol. The summed E-state index contributed by atoms with van der Waals surface area (Å²) in [6, 6.07) is 7.24. The zero-order valence-corrected chi connectivity index (χ0v) is 13.9. The number of allylic oxidation sites excluding steroid dienone is 1. The SMILES string of the molecule is CC1(C)C=Cc2c(ccc(C(=O)/C=C/c3ccc(O)cc3O)c2O)O1. The third-order valence-corrected chi connectivity index (χ3v) is 3.90. The molecule has 1 aliphatic heterocycles. The number of carbonyl (C=O) groups excluding carboxylic acids is 1. The van der Waals surface area contributed by atoms with Gasteiger partial charge in [0.1, 0.15) is 28.6 Å². The Morgan fingerprint density at radius 3 is 2.60 bits per heavy atom. The predicted molar refractivity (Wildman–Crippen MR) is 95.0 cm³/mol. The lowest BCUT2D eigenvalue weighted by atomic mass is 9.98. The van der Waals surface area contributed by atoms with Gasteiger partial charge in [-0.1, -0.05) is 0 Å². The van der Waals surface area contributed by atoms with Crippen molar-refractivity contribution in [1.82, 2.24) is 0 Å². The van der Waals surface area contributed by atoms with Crippen LogP contribution >= 0.6 is 0 Å². The van der Waals surface area contributed by atoms with Crippen molar-refractivity contribution in [3.05, 3.63) is 59.2 Å². The fourth-order valence-electron chi connectivity index (χ4n) is 2.57. The zero-order chi connectivity index (χ0) is 18.2. The molecule has 2 aromatic carbocycles. The minimum Gasteiger partial charge on any atom is -0.508 e. The normalized spacial score (nSPS) is 15.0. The number of hydrogen-bond donors (Lipinski definition) is 3. The number of ether oxygens (including phenoxy) is 1. The Hall–Kier alpha value is -3.21. The molecule has 0 bridgehead atoms. The molecule has 3 rings (SSSR count). The van der Waals surface area contributed by atoms with Crippen LogP contribution in [0, 0.1) is 0 Å². The van der Waals surface area contributed by atoms with Crippen LogP contribution in [0.2, 0.25) is 0 Å². The molecule has 0 fully saturated rings. The topological polar surface area (TPSA) is 87.0 Å². The average Bonchev–Trinajstić information content (AvgIpc) is 2.53. The van der Waals surface area contributed by atoms with Crippen LogP contribution in [0.25, 0.3) is 12.2 Å². The van der Waals surface area contributed by atoms with Crippen molar-refractivity contribution in [3.63, 3.8) is 0 Å². The monoisotopic (exact) mass is 338 g/mol. The van der Waals surface area contributed by atoms with E-state index in [1.807, 2.05) is 19.9 Å². The van der Waals surface area contributed by atoms with Gasteiger partial charge in [0.25, 0.3) is 0 Å². The first-order valence-corrected chi connectivity index (χ1v) is 7.75. The molecule has 0 aromatic heterocycles. The zero-order valence-electron chi connectivity index (χ0n) is 13.9. The van der Waals surface area contributed by atoms with Crippen LogP contribution in [0.3, 0.4) is 0 Å². The molecule has 5 heteroatoms. The summed E-state index contributed by atoms with van der Waals surface area (Å²) in [5, 5.41) is 29.4. The molecule has 0 aliphatic carbocycles. The van der Waals surface area contributed by atoms with Crippen molar-refractivity contribution in [1.29, 1.82) is 0 Å². The molecule has 2 aromatic rings. The van der Waals surface area contributed by atoms with E-state index >= 15 is 0 Å². The standard InChI is InChI=1S/C20H18O5/c1-20(2)10-9-15-18(25-20)8-6-14(19(15)24)16(22)7-4-12-3-5-13(21)11-17(12)23/h3-11,21,23-24H,1-2H3/b7-4+. The second-order valence-corrected chi connectivity index (χ2v) is 6.35. The van der Waals surface area contributed by atoms with Crippen molar-refractivity contribution in [2.75, 3.05) is 0 Å². The summed E-state index contributed by atoms with van der Waals surface area (Å²) >= 11 is 0. The van der Waals surface area contributed by atoms with E-state index in [9.17, 15) is 20.1 Å². The first kappa shape index (κ1) is 16.6. The van der Waals surface area contributed by atoms with Gasteiger partial charge in [0.15, 0.2) is 5.78 Å². The van der Waals surface area contributed by atoms with E-state index in [0.29, 0.717) is 16.9 Å². The third-order valence-electron chi connectivity index (χ3n) is 3.90. The summed E-state index contributed by atoms with van der Waals surface area (Å²) in [6.45, 7) is 3.80. The number of rotatable bonds is 3. The highest BCUT2D eigenvalue weighted by Crippen LogP contribution is 2.38. The van der Waals surface area contributed by atoms with Crippen LogP contribution in [0.4, 0.5) is 0 Å². The van der Waals surface area contributed by atoms with Crippen molar-refractivity contribution < 1.29 is 24.9 Å². The Morgan fingerprint density at radius 2 is 1.88 bits per heavy atom. The Morgan fingerprint density at radius 1 is 1.12 bits per heavy atom. The van der Waals surface area contributed by atoms with E-state index in [1.54, 1.807) is 12.1 Å². The van der Waals surface area contributed by atoms with Gasteiger partial charge in [0.2, 0.25) is 0 Å². The van der Waals surface area contributed by atoms with Crippen LogP contribution in [0.1, 0.15) is 35.3 Å². The van der Waals surface area contributed by atoms with Gasteiger partial charge in [-0.3, -0.25) is 4.79 Å². The van der Waals surface area contributed by atoms with Crippen LogP contribution < -0.4 is 4.74 Å². The lowest BCUT2D eigenvalue weighted by molar-refractivity contribution is 0.104. The van der Waals surface area contributed by atoms with Crippen LogP contribution in [-0.2, 0) is 0 Å². The molecule has 1 heterocycles. The van der Waals surface area contributed by atoms with Crippen LogP contribution in [-0.4, -0.2) is 26.7 Å². The molecule has 5 nitrogen and oxygen atoms in total. The van der Waals surface area contributed by atoms with E-state index in [2.05, 4.69) is 0 Å². The van der Waals surface area contributed by atoms with Crippen LogP contribution in [0.15, 0.2) is 42.5 Å². The van der Waals surface area contributed by atoms with Gasteiger partial charge in [-0.25, -0.2) is 0 Å². The van der Waals surface area contributed by atoms with Gasteiger partial charge in [-0.15, -0.1) is 0 Å². The Balaban J connectivity index is 1.90. The molecule has 0 amide bonds. The lowest BCUT2D eigenvalue weighted by Crippen LogP contribution is -2.27. The molecule has 25 heavy (non-hydrogen) atoms. The predicted octanol–water partition coefficient (Wildman–Crippen LogP) is 3.88. The highest BCUT2D eigenvalue weighted by molar-refractivity contribution is 6.09. The second-order valence-electron chi connectivity index (χ2n) is 6.35. The molecule has 0 saturated heterocycles. The highest BCUT2D eigenvalue weighted by Gasteiger charge is 2.25. The molecule has 1 aliphatic rings. The number of benzene rings is 2. The van der Waals surface area contributed by atoms with E-state index in [1.165, 1.54) is 36.4 Å². The molecule has 0 spiro atoms. The van der Waals surface area contributed by atoms with E-state index in [0.717, 1.165) is 0 Å². The fourth-order valence-corrected chi connectivity index (χ4v) is 2.57. The highest BCUT2D eigenvalue weighted by atomic mass is 16.5. The molecule has 0 radical (unpaired) electrons. The maximum Gasteiger partial charge on any atom is 0.189 e. The summed E-state index contributed by atoms with van der Waals surface area (Å²) in [6.07, 6.45) is 6.23. The van der Waals surface area contributed by atoms with E-state index in [-0.39, 0.29) is 22.8 Å². The number of ketones is 1. The minimum absolute atomic E-state index is 0.0666. The van der Waals surface area contributed by atoms with Crippen molar-refractivity contribution >= 4 is 17.9 Å². The van der Waals surface area contributed by atoms with E-state index in [4.69, 9.17) is 4.74 Å². The van der Waals surface area contributed by atoms with Gasteiger partial charge in [-0.05, 0) is 62.4 Å². The smallest absolute Gasteiger partial charge is 0.189 e. The molecular formula is C20H18O5. The Bertz CT molecular complexity index is 907. The number of fused-ring (bicyclic) bond motifs is 1. The number of hydrogen-bond acceptors (Lipinski definition) is 5. The quantitative estimate of drug-likeness (QED) is 0.584. The first-order chi connectivity index (χ1) is 11.8. The molecule has 0 atom stereocenters. The summed E-state index contributed by atoms with van der Waals surface area (Å²) in [7, 11) is 0. The molecule has 3 N–H and O–H groups in total. The van der Waals surface area contributed by atoms with Gasteiger partial charge >= 0.3 is 0 Å². The van der Waals surface area contributed by atoms with Gasteiger partial charge in [0.05, 0.1) is 11.1 Å². The molecule has 0 unspecified atom stereocenters. The maximum atomic E-state index is 12.4. The number of phenolic OH excluding ortho intramolecular Hbond substituents is 3.